The zero-order valence-electron chi connectivity index (χ0n) is 19.2. The number of benzene rings is 3. The molecule has 0 spiro atoms. The van der Waals surface area contributed by atoms with E-state index in [1.54, 1.807) is 36.4 Å². The highest BCUT2D eigenvalue weighted by atomic mass is 16.5. The average Bonchev–Trinajstić information content (AvgIpc) is 2.79. The first kappa shape index (κ1) is 24.2. The highest BCUT2D eigenvalue weighted by Crippen LogP contribution is 2.15. The highest BCUT2D eigenvalue weighted by molar-refractivity contribution is 6.39. The van der Waals surface area contributed by atoms with E-state index >= 15 is 0 Å². The van der Waals surface area contributed by atoms with Gasteiger partial charge >= 0.3 is 11.8 Å². The van der Waals surface area contributed by atoms with Gasteiger partial charge in [0.05, 0.1) is 6.21 Å². The van der Waals surface area contributed by atoms with Crippen LogP contribution in [-0.2, 0) is 14.4 Å². The number of carbonyl (C=O) groups excluding carboxylic acids is 3. The Kier molecular flexibility index (Phi) is 8.12. The summed E-state index contributed by atoms with van der Waals surface area (Å²) in [5.41, 5.74) is 7.19. The van der Waals surface area contributed by atoms with Crippen LogP contribution < -0.4 is 20.8 Å². The third kappa shape index (κ3) is 7.59. The second kappa shape index (κ2) is 11.4. The number of carbonyl (C=O) groups is 3. The number of amides is 3. The van der Waals surface area contributed by atoms with Crippen LogP contribution in [0, 0.1) is 20.8 Å². The molecule has 174 valence electrons. The van der Waals surface area contributed by atoms with Crippen molar-refractivity contribution in [3.63, 3.8) is 0 Å². The lowest BCUT2D eigenvalue weighted by Crippen LogP contribution is -2.32. The van der Waals surface area contributed by atoms with Gasteiger partial charge in [-0.15, -0.1) is 0 Å². The van der Waals surface area contributed by atoms with E-state index in [4.69, 9.17) is 4.74 Å². The molecular formula is C26H26N4O4. The first-order valence-electron chi connectivity index (χ1n) is 10.6. The minimum absolute atomic E-state index is 0.163. The molecule has 3 N–H and O–H groups in total. The average molecular weight is 459 g/mol. The molecule has 0 unspecified atom stereocenters. The largest absolute Gasteiger partial charge is 0.484 e. The summed E-state index contributed by atoms with van der Waals surface area (Å²) in [5.74, 6) is -1.54. The summed E-state index contributed by atoms with van der Waals surface area (Å²) >= 11 is 0. The molecule has 0 heterocycles. The summed E-state index contributed by atoms with van der Waals surface area (Å²) in [6.07, 6.45) is 1.37. The van der Waals surface area contributed by atoms with E-state index in [2.05, 4.69) is 21.2 Å². The SMILES string of the molecule is Cc1ccc(NC(=O)C(=O)N/N=C\c2cccc(OCC(=O)Nc3cc(C)cc(C)c3)c2)cc1. The van der Waals surface area contributed by atoms with Crippen LogP contribution >= 0.6 is 0 Å². The van der Waals surface area contributed by atoms with Crippen molar-refractivity contribution in [3.05, 3.63) is 89.0 Å². The molecule has 0 atom stereocenters. The Morgan fingerprint density at radius 3 is 2.21 bits per heavy atom. The van der Waals surface area contributed by atoms with Crippen molar-refractivity contribution >= 4 is 35.3 Å². The number of nitrogens with zero attached hydrogens (tertiary/aromatic N) is 1. The Balaban J connectivity index is 1.48. The van der Waals surface area contributed by atoms with Crippen molar-refractivity contribution in [1.29, 1.82) is 0 Å². The summed E-state index contributed by atoms with van der Waals surface area (Å²) in [7, 11) is 0. The van der Waals surface area contributed by atoms with Crippen LogP contribution in [0.1, 0.15) is 22.3 Å². The topological polar surface area (TPSA) is 109 Å². The molecule has 3 aromatic rings. The van der Waals surface area contributed by atoms with Crippen LogP contribution in [0.25, 0.3) is 0 Å². The molecule has 8 nitrogen and oxygen atoms in total. The van der Waals surface area contributed by atoms with Gasteiger partial charge < -0.3 is 15.4 Å². The van der Waals surface area contributed by atoms with Gasteiger partial charge in [-0.25, -0.2) is 5.43 Å². The molecule has 0 aromatic heterocycles. The fraction of sp³-hybridized carbons (Fsp3) is 0.154. The van der Waals surface area contributed by atoms with Crippen LogP contribution in [0.5, 0.6) is 5.75 Å². The second-order valence-corrected chi connectivity index (χ2v) is 7.81. The van der Waals surface area contributed by atoms with E-state index in [9.17, 15) is 14.4 Å². The number of ether oxygens (including phenoxy) is 1. The van der Waals surface area contributed by atoms with Gasteiger partial charge in [-0.05, 0) is 73.9 Å². The monoisotopic (exact) mass is 458 g/mol. The summed E-state index contributed by atoms with van der Waals surface area (Å²) < 4.78 is 5.56. The van der Waals surface area contributed by atoms with Crippen LogP contribution in [0.2, 0.25) is 0 Å². The Labute approximate surface area is 198 Å². The predicted octanol–water partition coefficient (Wildman–Crippen LogP) is 3.72. The van der Waals surface area contributed by atoms with Gasteiger partial charge in [-0.2, -0.15) is 5.10 Å². The molecule has 0 bridgehead atoms. The maximum atomic E-state index is 12.2. The summed E-state index contributed by atoms with van der Waals surface area (Å²) in [4.78, 5) is 36.1. The predicted molar refractivity (Wildman–Crippen MR) is 132 cm³/mol. The summed E-state index contributed by atoms with van der Waals surface area (Å²) in [5, 5.41) is 9.11. The first-order valence-corrected chi connectivity index (χ1v) is 10.6. The van der Waals surface area contributed by atoms with Crippen molar-refractivity contribution in [2.24, 2.45) is 5.10 Å². The van der Waals surface area contributed by atoms with Crippen molar-refractivity contribution in [3.8, 4) is 5.75 Å². The molecule has 0 aliphatic heterocycles. The van der Waals surface area contributed by atoms with Crippen LogP contribution in [0.3, 0.4) is 0 Å². The number of hydrogen-bond acceptors (Lipinski definition) is 5. The van der Waals surface area contributed by atoms with Crippen molar-refractivity contribution < 1.29 is 19.1 Å². The number of rotatable bonds is 7. The standard InChI is InChI=1S/C26H26N4O4/c1-17-7-9-21(10-8-17)29-25(32)26(33)30-27-15-20-5-4-6-23(14-20)34-16-24(31)28-22-12-18(2)11-19(3)13-22/h4-15H,16H2,1-3H3,(H,28,31)(H,29,32)(H,30,33)/b27-15-. The normalized spacial score (nSPS) is 10.6. The maximum absolute atomic E-state index is 12.2. The van der Waals surface area contributed by atoms with Crippen LogP contribution in [-0.4, -0.2) is 30.5 Å². The Hall–Kier alpha value is -4.46. The van der Waals surface area contributed by atoms with Gasteiger partial charge in [-0.1, -0.05) is 35.9 Å². The lowest BCUT2D eigenvalue weighted by Gasteiger charge is -2.09. The number of nitrogens with one attached hydrogen (secondary N) is 3. The van der Waals surface area contributed by atoms with Gasteiger partial charge in [0.2, 0.25) is 0 Å². The van der Waals surface area contributed by atoms with Gasteiger partial charge in [0, 0.05) is 11.4 Å². The molecule has 0 aliphatic rings. The molecule has 0 aliphatic carbocycles. The second-order valence-electron chi connectivity index (χ2n) is 7.81. The molecule has 8 heteroatoms. The Morgan fingerprint density at radius 2 is 1.50 bits per heavy atom. The maximum Gasteiger partial charge on any atom is 0.329 e. The van der Waals surface area contributed by atoms with E-state index in [0.717, 1.165) is 16.7 Å². The minimum atomic E-state index is -0.896. The van der Waals surface area contributed by atoms with Crippen molar-refractivity contribution in [2.45, 2.75) is 20.8 Å². The molecule has 34 heavy (non-hydrogen) atoms. The molecule has 3 aromatic carbocycles. The lowest BCUT2D eigenvalue weighted by atomic mass is 10.1. The molecule has 0 radical (unpaired) electrons. The summed E-state index contributed by atoms with van der Waals surface area (Å²) in [6, 6.07) is 19.7. The van der Waals surface area contributed by atoms with Gasteiger partial charge in [-0.3, -0.25) is 14.4 Å². The molecule has 0 fully saturated rings. The van der Waals surface area contributed by atoms with Crippen LogP contribution in [0.4, 0.5) is 11.4 Å². The van der Waals surface area contributed by atoms with Gasteiger partial charge in [0.1, 0.15) is 5.75 Å². The molecular weight excluding hydrogens is 432 g/mol. The Morgan fingerprint density at radius 1 is 0.794 bits per heavy atom. The van der Waals surface area contributed by atoms with E-state index < -0.39 is 11.8 Å². The number of anilines is 2. The van der Waals surface area contributed by atoms with E-state index in [1.807, 2.05) is 51.1 Å². The smallest absolute Gasteiger partial charge is 0.329 e. The molecule has 3 rings (SSSR count). The van der Waals surface area contributed by atoms with Crippen LogP contribution in [0.15, 0.2) is 71.8 Å². The summed E-state index contributed by atoms with van der Waals surface area (Å²) in [6.45, 7) is 5.69. The first-order chi connectivity index (χ1) is 16.3. The van der Waals surface area contributed by atoms with E-state index in [0.29, 0.717) is 22.7 Å². The highest BCUT2D eigenvalue weighted by Gasteiger charge is 2.12. The third-order valence-corrected chi connectivity index (χ3v) is 4.63. The zero-order valence-corrected chi connectivity index (χ0v) is 19.2. The van der Waals surface area contributed by atoms with E-state index in [1.165, 1.54) is 6.21 Å². The fourth-order valence-electron chi connectivity index (χ4n) is 3.12. The quantitative estimate of drug-likeness (QED) is 0.285. The van der Waals surface area contributed by atoms with E-state index in [-0.39, 0.29) is 12.5 Å². The molecule has 3 amide bonds. The van der Waals surface area contributed by atoms with Gasteiger partial charge in [0.25, 0.3) is 5.91 Å². The number of hydrazone groups is 1. The molecule has 0 saturated heterocycles. The zero-order chi connectivity index (χ0) is 24.5. The lowest BCUT2D eigenvalue weighted by molar-refractivity contribution is -0.136. The van der Waals surface area contributed by atoms with Gasteiger partial charge in [0.15, 0.2) is 6.61 Å². The third-order valence-electron chi connectivity index (χ3n) is 4.63. The van der Waals surface area contributed by atoms with Crippen molar-refractivity contribution in [2.75, 3.05) is 17.2 Å². The fourth-order valence-corrected chi connectivity index (χ4v) is 3.12. The minimum Gasteiger partial charge on any atom is -0.484 e. The molecule has 0 saturated carbocycles. The van der Waals surface area contributed by atoms with Crippen molar-refractivity contribution in [1.82, 2.24) is 5.43 Å². The Bertz CT molecular complexity index is 1200. The number of hydrogen-bond donors (Lipinski definition) is 3. The number of aryl methyl sites for hydroxylation is 3.